The molecule has 0 aromatic heterocycles. The average molecular weight is 171 g/mol. The fourth-order valence-corrected chi connectivity index (χ4v) is 0.179. The van der Waals surface area contributed by atoms with Crippen LogP contribution in [0.5, 0.6) is 0 Å². The van der Waals surface area contributed by atoms with Crippen LogP contribution in [-0.2, 0) is 14.3 Å². The highest BCUT2D eigenvalue weighted by Crippen LogP contribution is 1.82. The molecular formula is C8H13NO3. The summed E-state index contributed by atoms with van der Waals surface area (Å²) in [6.07, 6.45) is 2.75. The lowest BCUT2D eigenvalue weighted by molar-refractivity contribution is -0.104. The fourth-order valence-electron chi connectivity index (χ4n) is 0.179. The Balaban J connectivity index is 0. The van der Waals surface area contributed by atoms with E-state index in [1.165, 1.54) is 0 Å². The van der Waals surface area contributed by atoms with Gasteiger partial charge < -0.3 is 9.47 Å². The molecule has 0 heterocycles. The maximum Gasteiger partial charge on any atom is 0.154 e. The Morgan fingerprint density at radius 1 is 1.42 bits per heavy atom. The summed E-state index contributed by atoms with van der Waals surface area (Å²) in [5.41, 5.74) is 0. The van der Waals surface area contributed by atoms with Gasteiger partial charge in [0.05, 0.1) is 6.07 Å². The molecule has 4 nitrogen and oxygen atoms in total. The zero-order valence-electron chi connectivity index (χ0n) is 7.48. The van der Waals surface area contributed by atoms with E-state index in [9.17, 15) is 4.79 Å². The van der Waals surface area contributed by atoms with Crippen LogP contribution in [0, 0.1) is 11.3 Å². The molecule has 0 fully saturated rings. The summed E-state index contributed by atoms with van der Waals surface area (Å²) in [5, 5.41) is 7.70. The van der Waals surface area contributed by atoms with Crippen molar-refractivity contribution in [3.8, 4) is 6.07 Å². The van der Waals surface area contributed by atoms with Gasteiger partial charge in [-0.15, -0.1) is 0 Å². The normalized spacial score (nSPS) is 8.92. The number of hydrogen-bond acceptors (Lipinski definition) is 4. The van der Waals surface area contributed by atoms with Crippen LogP contribution in [0.1, 0.15) is 6.92 Å². The number of allylic oxidation sites excluding steroid dienone is 2. The van der Waals surface area contributed by atoms with Crippen LogP contribution in [0.25, 0.3) is 0 Å². The molecule has 0 saturated carbocycles. The van der Waals surface area contributed by atoms with Crippen LogP contribution < -0.4 is 0 Å². The number of carbonyl (C=O) groups excluding carboxylic acids is 1. The smallest absolute Gasteiger partial charge is 0.154 e. The molecule has 0 aliphatic carbocycles. The molecule has 0 aromatic rings. The van der Waals surface area contributed by atoms with Crippen molar-refractivity contribution in [1.29, 1.82) is 5.26 Å². The standard InChI is InChI=1S/C4H3NO.C4H10O2/c5-3-1-2-4-6;1-4(5-2)6-3/h1-2,4H;4H,1-3H3/b2-1+;. The van der Waals surface area contributed by atoms with Gasteiger partial charge in [0, 0.05) is 20.3 Å². The van der Waals surface area contributed by atoms with Crippen molar-refractivity contribution in [2.24, 2.45) is 0 Å². The van der Waals surface area contributed by atoms with Gasteiger partial charge in [0.15, 0.2) is 6.29 Å². The monoisotopic (exact) mass is 171 g/mol. The molecular weight excluding hydrogens is 158 g/mol. The Labute approximate surface area is 72.4 Å². The highest BCUT2D eigenvalue weighted by molar-refractivity contribution is 5.65. The minimum absolute atomic E-state index is 0.0648. The predicted octanol–water partition coefficient (Wildman–Crippen LogP) is 0.890. The van der Waals surface area contributed by atoms with Crippen molar-refractivity contribution >= 4 is 6.29 Å². The zero-order valence-corrected chi connectivity index (χ0v) is 7.48. The molecule has 0 atom stereocenters. The van der Waals surface area contributed by atoms with Crippen molar-refractivity contribution in [3.05, 3.63) is 12.2 Å². The molecule has 4 heteroatoms. The van der Waals surface area contributed by atoms with Crippen molar-refractivity contribution in [3.63, 3.8) is 0 Å². The maximum atomic E-state index is 9.33. The van der Waals surface area contributed by atoms with Gasteiger partial charge >= 0.3 is 0 Å². The SMILES string of the molecule is COC(C)OC.N#C/C=C/C=O. The molecule has 12 heavy (non-hydrogen) atoms. The van der Waals surface area contributed by atoms with Crippen molar-refractivity contribution < 1.29 is 14.3 Å². The first-order valence-electron chi connectivity index (χ1n) is 3.28. The highest BCUT2D eigenvalue weighted by atomic mass is 16.7. The van der Waals surface area contributed by atoms with E-state index in [1.54, 1.807) is 20.3 Å². The van der Waals surface area contributed by atoms with Crippen LogP contribution in [0.4, 0.5) is 0 Å². The third-order valence-corrected chi connectivity index (χ3v) is 0.913. The number of nitrogens with zero attached hydrogens (tertiary/aromatic N) is 1. The first-order chi connectivity index (χ1) is 5.72. The second-order valence-corrected chi connectivity index (χ2v) is 1.66. The summed E-state index contributed by atoms with van der Waals surface area (Å²) in [5.74, 6) is 0. The van der Waals surface area contributed by atoms with Crippen LogP contribution in [0.15, 0.2) is 12.2 Å². The number of aldehydes is 1. The Hall–Kier alpha value is -1.18. The summed E-state index contributed by atoms with van der Waals surface area (Å²) < 4.78 is 9.35. The quantitative estimate of drug-likeness (QED) is 0.274. The molecule has 0 amide bonds. The van der Waals surface area contributed by atoms with E-state index in [0.29, 0.717) is 6.29 Å². The third kappa shape index (κ3) is 15.9. The molecule has 0 spiro atoms. The summed E-state index contributed by atoms with van der Waals surface area (Å²) in [7, 11) is 3.21. The van der Waals surface area contributed by atoms with Crippen molar-refractivity contribution in [2.75, 3.05) is 14.2 Å². The van der Waals surface area contributed by atoms with Gasteiger partial charge in [-0.25, -0.2) is 0 Å². The maximum absolute atomic E-state index is 9.33. The number of nitriles is 1. The van der Waals surface area contributed by atoms with Gasteiger partial charge in [0.2, 0.25) is 0 Å². The van der Waals surface area contributed by atoms with E-state index >= 15 is 0 Å². The topological polar surface area (TPSA) is 59.3 Å². The molecule has 0 radical (unpaired) electrons. The van der Waals surface area contributed by atoms with Crippen LogP contribution in [0.3, 0.4) is 0 Å². The number of carbonyl (C=O) groups is 1. The van der Waals surface area contributed by atoms with E-state index in [4.69, 9.17) is 5.26 Å². The molecule has 0 unspecified atom stereocenters. The van der Waals surface area contributed by atoms with Gasteiger partial charge in [-0.2, -0.15) is 5.26 Å². The Morgan fingerprint density at radius 2 is 1.92 bits per heavy atom. The summed E-state index contributed by atoms with van der Waals surface area (Å²) in [6, 6.07) is 1.66. The minimum atomic E-state index is -0.0648. The molecule has 0 N–H and O–H groups in total. The van der Waals surface area contributed by atoms with Crippen LogP contribution in [-0.4, -0.2) is 26.8 Å². The van der Waals surface area contributed by atoms with E-state index in [0.717, 1.165) is 12.2 Å². The summed E-state index contributed by atoms with van der Waals surface area (Å²) >= 11 is 0. The predicted molar refractivity (Wildman–Crippen MR) is 44.3 cm³/mol. The largest absolute Gasteiger partial charge is 0.356 e. The Kier molecular flexibility index (Phi) is 14.0. The lowest BCUT2D eigenvalue weighted by atomic mass is 10.6. The number of ether oxygens (including phenoxy) is 2. The van der Waals surface area contributed by atoms with Gasteiger partial charge in [0.1, 0.15) is 6.29 Å². The minimum Gasteiger partial charge on any atom is -0.356 e. The van der Waals surface area contributed by atoms with Crippen LogP contribution >= 0.6 is 0 Å². The first kappa shape index (κ1) is 13.4. The van der Waals surface area contributed by atoms with Gasteiger partial charge in [0.25, 0.3) is 0 Å². The van der Waals surface area contributed by atoms with E-state index < -0.39 is 0 Å². The second kappa shape index (κ2) is 12.5. The molecule has 0 aromatic carbocycles. The van der Waals surface area contributed by atoms with E-state index in [1.807, 2.05) is 6.92 Å². The van der Waals surface area contributed by atoms with Gasteiger partial charge in [-0.3, -0.25) is 4.79 Å². The Bertz CT molecular complexity index is 156. The lowest BCUT2D eigenvalue weighted by Gasteiger charge is -2.03. The molecule has 68 valence electrons. The van der Waals surface area contributed by atoms with Gasteiger partial charge in [-0.1, -0.05) is 0 Å². The van der Waals surface area contributed by atoms with E-state index in [-0.39, 0.29) is 6.29 Å². The molecule has 0 aliphatic heterocycles. The Morgan fingerprint density at radius 3 is 2.00 bits per heavy atom. The second-order valence-electron chi connectivity index (χ2n) is 1.66. The highest BCUT2D eigenvalue weighted by Gasteiger charge is 1.87. The fraction of sp³-hybridized carbons (Fsp3) is 0.500. The molecule has 0 saturated heterocycles. The first-order valence-corrected chi connectivity index (χ1v) is 3.28. The lowest BCUT2D eigenvalue weighted by Crippen LogP contribution is -2.05. The number of methoxy groups -OCH3 is 2. The van der Waals surface area contributed by atoms with Crippen molar-refractivity contribution in [1.82, 2.24) is 0 Å². The third-order valence-electron chi connectivity index (χ3n) is 0.913. The van der Waals surface area contributed by atoms with Crippen molar-refractivity contribution in [2.45, 2.75) is 13.2 Å². The number of rotatable bonds is 3. The molecule has 0 aliphatic rings. The zero-order chi connectivity index (χ0) is 9.82. The van der Waals surface area contributed by atoms with E-state index in [2.05, 4.69) is 9.47 Å². The summed E-state index contributed by atoms with van der Waals surface area (Å²) in [4.78, 5) is 9.33. The van der Waals surface area contributed by atoms with Gasteiger partial charge in [-0.05, 0) is 13.0 Å². The molecule has 0 rings (SSSR count). The van der Waals surface area contributed by atoms with Crippen LogP contribution in [0.2, 0.25) is 0 Å². The average Bonchev–Trinajstić information content (AvgIpc) is 2.14. The molecule has 0 bridgehead atoms. The number of hydrogen-bond donors (Lipinski definition) is 0. The summed E-state index contributed by atoms with van der Waals surface area (Å²) in [6.45, 7) is 1.83.